The minimum atomic E-state index is -0.173. The van der Waals surface area contributed by atoms with Gasteiger partial charge >= 0.3 is 0 Å². The van der Waals surface area contributed by atoms with Crippen molar-refractivity contribution in [3.63, 3.8) is 0 Å². The molecule has 4 heteroatoms. The fourth-order valence-corrected chi connectivity index (χ4v) is 1.67. The van der Waals surface area contributed by atoms with E-state index < -0.39 is 0 Å². The van der Waals surface area contributed by atoms with Crippen LogP contribution in [-0.2, 0) is 0 Å². The van der Waals surface area contributed by atoms with Crippen LogP contribution >= 0.6 is 11.3 Å². The predicted molar refractivity (Wildman–Crippen MR) is 60.6 cm³/mol. The van der Waals surface area contributed by atoms with E-state index in [4.69, 9.17) is 5.73 Å². The number of amides is 1. The zero-order valence-electron chi connectivity index (χ0n) is 8.76. The molecule has 3 nitrogen and oxygen atoms in total. The molecular weight excluding hydrogens is 196 g/mol. The van der Waals surface area contributed by atoms with E-state index in [9.17, 15) is 4.79 Å². The molecule has 1 rings (SSSR count). The number of nitrogens with one attached hydrogen (secondary N) is 1. The van der Waals surface area contributed by atoms with Gasteiger partial charge in [-0.15, -0.1) is 11.3 Å². The lowest BCUT2D eigenvalue weighted by Crippen LogP contribution is -2.42. The van der Waals surface area contributed by atoms with Gasteiger partial charge in [0.1, 0.15) is 4.88 Å². The fraction of sp³-hybridized carbons (Fsp3) is 0.500. The first-order valence-corrected chi connectivity index (χ1v) is 5.49. The number of nitrogens with two attached hydrogens (primary N) is 1. The van der Waals surface area contributed by atoms with Crippen molar-refractivity contribution < 1.29 is 4.79 Å². The first-order chi connectivity index (χ1) is 6.46. The molecule has 0 radical (unpaired) electrons. The Morgan fingerprint density at radius 1 is 1.64 bits per heavy atom. The highest BCUT2D eigenvalue weighted by molar-refractivity contribution is 7.12. The molecule has 78 valence electrons. The molecule has 0 fully saturated rings. The van der Waals surface area contributed by atoms with Gasteiger partial charge < -0.3 is 11.1 Å². The summed E-state index contributed by atoms with van der Waals surface area (Å²) in [5.74, 6) is -0.0793. The molecular formula is C10H16N2OS. The van der Waals surface area contributed by atoms with Gasteiger partial charge in [-0.2, -0.15) is 0 Å². The Morgan fingerprint density at radius 2 is 2.29 bits per heavy atom. The smallest absolute Gasteiger partial charge is 0.263 e. The third kappa shape index (κ3) is 2.48. The molecule has 1 aromatic rings. The summed E-state index contributed by atoms with van der Waals surface area (Å²) in [5, 5.41) is 4.76. The first-order valence-electron chi connectivity index (χ1n) is 4.62. The van der Waals surface area contributed by atoms with Crippen molar-refractivity contribution in [2.45, 2.75) is 32.7 Å². The second-order valence-electron chi connectivity index (χ2n) is 3.90. The molecule has 0 aliphatic heterocycles. The highest BCUT2D eigenvalue weighted by atomic mass is 32.1. The van der Waals surface area contributed by atoms with E-state index >= 15 is 0 Å². The Hall–Kier alpha value is -1.03. The third-order valence-corrected chi connectivity index (χ3v) is 3.17. The van der Waals surface area contributed by atoms with Crippen molar-refractivity contribution in [3.8, 4) is 0 Å². The second kappa shape index (κ2) is 4.00. The van der Waals surface area contributed by atoms with E-state index in [-0.39, 0.29) is 11.4 Å². The van der Waals surface area contributed by atoms with E-state index in [2.05, 4.69) is 5.32 Å². The fourth-order valence-electron chi connectivity index (χ4n) is 0.956. The van der Waals surface area contributed by atoms with Gasteiger partial charge in [-0.05, 0) is 31.7 Å². The Labute approximate surface area is 88.3 Å². The summed E-state index contributed by atoms with van der Waals surface area (Å²) in [4.78, 5) is 12.3. The molecule has 0 atom stereocenters. The lowest BCUT2D eigenvalue weighted by Gasteiger charge is -2.24. The van der Waals surface area contributed by atoms with Gasteiger partial charge in [0.15, 0.2) is 0 Å². The van der Waals surface area contributed by atoms with Crippen molar-refractivity contribution in [3.05, 3.63) is 16.3 Å². The molecule has 0 saturated heterocycles. The molecule has 14 heavy (non-hydrogen) atoms. The lowest BCUT2D eigenvalue weighted by molar-refractivity contribution is 0.0916. The predicted octanol–water partition coefficient (Wildman–Crippen LogP) is 2.25. The Balaban J connectivity index is 2.73. The summed E-state index contributed by atoms with van der Waals surface area (Å²) in [5.41, 5.74) is 6.03. The number of rotatable bonds is 3. The Bertz CT molecular complexity index is 331. The zero-order chi connectivity index (χ0) is 10.8. The van der Waals surface area contributed by atoms with E-state index in [1.165, 1.54) is 11.3 Å². The molecule has 0 bridgehead atoms. The maximum atomic E-state index is 11.7. The minimum absolute atomic E-state index is 0.0793. The van der Waals surface area contributed by atoms with Crippen molar-refractivity contribution in [1.29, 1.82) is 0 Å². The van der Waals surface area contributed by atoms with Crippen LogP contribution in [0, 0.1) is 0 Å². The van der Waals surface area contributed by atoms with Crippen molar-refractivity contribution in [2.75, 3.05) is 5.73 Å². The molecule has 0 saturated carbocycles. The highest BCUT2D eigenvalue weighted by Gasteiger charge is 2.20. The van der Waals surface area contributed by atoms with Crippen LogP contribution < -0.4 is 11.1 Å². The van der Waals surface area contributed by atoms with Gasteiger partial charge in [-0.3, -0.25) is 4.79 Å². The van der Waals surface area contributed by atoms with E-state index in [1.807, 2.05) is 26.2 Å². The average Bonchev–Trinajstić information content (AvgIpc) is 2.51. The number of hydrogen-bond donors (Lipinski definition) is 2. The van der Waals surface area contributed by atoms with E-state index in [0.717, 1.165) is 6.42 Å². The highest BCUT2D eigenvalue weighted by Crippen LogP contribution is 2.20. The van der Waals surface area contributed by atoms with Crippen molar-refractivity contribution >= 4 is 22.9 Å². The van der Waals surface area contributed by atoms with Crippen LogP contribution in [0.25, 0.3) is 0 Å². The van der Waals surface area contributed by atoms with Gasteiger partial charge in [0.25, 0.3) is 5.91 Å². The maximum absolute atomic E-state index is 11.7. The maximum Gasteiger partial charge on any atom is 0.263 e. The number of carbonyl (C=O) groups is 1. The van der Waals surface area contributed by atoms with Gasteiger partial charge in [0.05, 0.1) is 5.69 Å². The average molecular weight is 212 g/mol. The number of hydrogen-bond acceptors (Lipinski definition) is 3. The summed E-state index contributed by atoms with van der Waals surface area (Å²) in [7, 11) is 0. The van der Waals surface area contributed by atoms with Crippen molar-refractivity contribution in [2.24, 2.45) is 0 Å². The van der Waals surface area contributed by atoms with Crippen molar-refractivity contribution in [1.82, 2.24) is 5.32 Å². The number of anilines is 1. The first kappa shape index (κ1) is 11.0. The summed E-state index contributed by atoms with van der Waals surface area (Å²) in [6.07, 6.45) is 0.893. The molecule has 0 aromatic carbocycles. The Morgan fingerprint density at radius 3 is 2.71 bits per heavy atom. The minimum Gasteiger partial charge on any atom is -0.397 e. The zero-order valence-corrected chi connectivity index (χ0v) is 9.57. The summed E-state index contributed by atoms with van der Waals surface area (Å²) < 4.78 is 0. The van der Waals surface area contributed by atoms with Crippen LogP contribution in [0.2, 0.25) is 0 Å². The van der Waals surface area contributed by atoms with Gasteiger partial charge in [0, 0.05) is 5.54 Å². The number of thiophene rings is 1. The molecule has 0 aliphatic rings. The lowest BCUT2D eigenvalue weighted by atomic mass is 10.0. The molecule has 1 aromatic heterocycles. The molecule has 3 N–H and O–H groups in total. The Kier molecular flexibility index (Phi) is 3.16. The van der Waals surface area contributed by atoms with Crippen LogP contribution in [0.15, 0.2) is 11.4 Å². The molecule has 0 unspecified atom stereocenters. The molecule has 0 spiro atoms. The standard InChI is InChI=1S/C10H16N2OS/c1-4-10(2,3)12-9(13)8-7(11)5-6-14-8/h5-6H,4,11H2,1-3H3,(H,12,13). The second-order valence-corrected chi connectivity index (χ2v) is 4.81. The number of carbonyl (C=O) groups excluding carboxylic acids is 1. The van der Waals surface area contributed by atoms with Crippen LogP contribution in [-0.4, -0.2) is 11.4 Å². The van der Waals surface area contributed by atoms with Crippen LogP contribution in [0.4, 0.5) is 5.69 Å². The number of nitrogen functional groups attached to an aromatic ring is 1. The summed E-state index contributed by atoms with van der Waals surface area (Å²) in [6.45, 7) is 6.03. The van der Waals surface area contributed by atoms with E-state index in [1.54, 1.807) is 6.07 Å². The van der Waals surface area contributed by atoms with Gasteiger partial charge in [-0.25, -0.2) is 0 Å². The normalized spacial score (nSPS) is 11.4. The molecule has 1 amide bonds. The van der Waals surface area contributed by atoms with E-state index in [0.29, 0.717) is 10.6 Å². The monoisotopic (exact) mass is 212 g/mol. The van der Waals surface area contributed by atoms with Gasteiger partial charge in [0.2, 0.25) is 0 Å². The van der Waals surface area contributed by atoms with Gasteiger partial charge in [-0.1, -0.05) is 6.92 Å². The SMILES string of the molecule is CCC(C)(C)NC(=O)c1sccc1N. The largest absolute Gasteiger partial charge is 0.397 e. The van der Waals surface area contributed by atoms with Crippen LogP contribution in [0.1, 0.15) is 36.9 Å². The molecule has 1 heterocycles. The summed E-state index contributed by atoms with van der Waals surface area (Å²) >= 11 is 1.37. The van der Waals surface area contributed by atoms with Crippen LogP contribution in [0.5, 0.6) is 0 Å². The molecule has 0 aliphatic carbocycles. The quantitative estimate of drug-likeness (QED) is 0.807. The topological polar surface area (TPSA) is 55.1 Å². The summed E-state index contributed by atoms with van der Waals surface area (Å²) in [6, 6.07) is 1.75. The van der Waals surface area contributed by atoms with Crippen LogP contribution in [0.3, 0.4) is 0 Å². The third-order valence-electron chi connectivity index (χ3n) is 2.24.